The fourth-order valence-corrected chi connectivity index (χ4v) is 2.34. The highest BCUT2D eigenvalue weighted by Gasteiger charge is 2.20. The van der Waals surface area contributed by atoms with E-state index in [-0.39, 0.29) is 17.8 Å². The lowest BCUT2D eigenvalue weighted by molar-refractivity contribution is 0.0526. The van der Waals surface area contributed by atoms with Crippen molar-refractivity contribution in [2.24, 2.45) is 0 Å². The quantitative estimate of drug-likeness (QED) is 0.686. The minimum absolute atomic E-state index is 0.141. The molecule has 0 bridgehead atoms. The van der Waals surface area contributed by atoms with Gasteiger partial charge in [0.05, 0.1) is 17.6 Å². The van der Waals surface area contributed by atoms with Gasteiger partial charge in [0, 0.05) is 0 Å². The van der Waals surface area contributed by atoms with E-state index in [0.29, 0.717) is 11.0 Å². The van der Waals surface area contributed by atoms with Gasteiger partial charge >= 0.3 is 11.7 Å². The number of hydrogen-bond donors (Lipinski definition) is 2. The van der Waals surface area contributed by atoms with Crippen LogP contribution in [0.15, 0.2) is 27.8 Å². The molecule has 0 atom stereocenters. The third-order valence-electron chi connectivity index (χ3n) is 3.24. The molecule has 0 spiro atoms. The Balaban J connectivity index is 2.50. The Hall–Kier alpha value is -2.83. The number of aromatic amines is 2. The first-order valence-electron chi connectivity index (χ1n) is 6.47. The van der Waals surface area contributed by atoms with E-state index in [1.54, 1.807) is 19.1 Å². The summed E-state index contributed by atoms with van der Waals surface area (Å²) in [5.41, 5.74) is 0.785. The number of aromatic nitrogens is 3. The zero-order valence-electron chi connectivity index (χ0n) is 11.5. The molecule has 0 amide bonds. The van der Waals surface area contributed by atoms with Gasteiger partial charge in [0.2, 0.25) is 0 Å². The molecule has 21 heavy (non-hydrogen) atoms. The van der Waals surface area contributed by atoms with Gasteiger partial charge in [0.15, 0.2) is 5.56 Å². The van der Waals surface area contributed by atoms with Crippen molar-refractivity contribution in [3.05, 3.63) is 50.2 Å². The second-order valence-electron chi connectivity index (χ2n) is 4.68. The van der Waals surface area contributed by atoms with Crippen LogP contribution in [-0.2, 0) is 4.74 Å². The minimum Gasteiger partial charge on any atom is -0.462 e. The van der Waals surface area contributed by atoms with Crippen molar-refractivity contribution in [1.82, 2.24) is 14.4 Å². The monoisotopic (exact) mass is 287 g/mol. The maximum atomic E-state index is 12.1. The molecule has 0 aliphatic carbocycles. The molecule has 0 unspecified atom stereocenters. The smallest absolute Gasteiger partial charge is 0.347 e. The Kier molecular flexibility index (Phi) is 2.90. The number of carbonyl (C=O) groups excluding carboxylic acids is 1. The number of nitrogens with zero attached hydrogens (tertiary/aromatic N) is 1. The van der Waals surface area contributed by atoms with E-state index in [0.717, 1.165) is 5.56 Å². The number of carbonyl (C=O) groups is 1. The van der Waals surface area contributed by atoms with E-state index < -0.39 is 17.2 Å². The van der Waals surface area contributed by atoms with Crippen LogP contribution in [0.4, 0.5) is 0 Å². The highest BCUT2D eigenvalue weighted by atomic mass is 16.5. The van der Waals surface area contributed by atoms with Crippen molar-refractivity contribution in [3.63, 3.8) is 0 Å². The maximum absolute atomic E-state index is 12.1. The number of rotatable bonds is 2. The van der Waals surface area contributed by atoms with Gasteiger partial charge in [-0.1, -0.05) is 6.07 Å². The highest BCUT2D eigenvalue weighted by molar-refractivity contribution is 5.97. The molecule has 1 aromatic carbocycles. The van der Waals surface area contributed by atoms with Crippen LogP contribution in [0.1, 0.15) is 22.8 Å². The van der Waals surface area contributed by atoms with E-state index in [2.05, 4.69) is 9.97 Å². The Labute approximate surface area is 118 Å². The lowest BCUT2D eigenvalue weighted by atomic mass is 10.2. The maximum Gasteiger partial charge on any atom is 0.347 e. The summed E-state index contributed by atoms with van der Waals surface area (Å²) in [6.45, 7) is 3.68. The van der Waals surface area contributed by atoms with Crippen molar-refractivity contribution < 1.29 is 9.53 Å². The molecule has 3 rings (SSSR count). The first-order chi connectivity index (χ1) is 10.0. The van der Waals surface area contributed by atoms with Crippen LogP contribution in [0.2, 0.25) is 0 Å². The van der Waals surface area contributed by atoms with Crippen LogP contribution >= 0.6 is 0 Å². The van der Waals surface area contributed by atoms with Gasteiger partial charge in [0.1, 0.15) is 5.65 Å². The molecule has 0 aliphatic rings. The number of aryl methyl sites for hydroxylation is 1. The molecular weight excluding hydrogens is 274 g/mol. The van der Waals surface area contributed by atoms with E-state index in [9.17, 15) is 14.4 Å². The molecule has 3 aromatic rings. The summed E-state index contributed by atoms with van der Waals surface area (Å²) in [5, 5.41) is 0. The van der Waals surface area contributed by atoms with Crippen LogP contribution in [0.3, 0.4) is 0 Å². The molecule has 0 aliphatic heterocycles. The van der Waals surface area contributed by atoms with E-state index >= 15 is 0 Å². The predicted molar refractivity (Wildman–Crippen MR) is 76.8 cm³/mol. The van der Waals surface area contributed by atoms with Crippen molar-refractivity contribution in [3.8, 4) is 0 Å². The second kappa shape index (κ2) is 4.62. The normalized spacial score (nSPS) is 11.1. The summed E-state index contributed by atoms with van der Waals surface area (Å²) in [5.74, 6) is -0.764. The Morgan fingerprint density at radius 3 is 2.76 bits per heavy atom. The number of imidazole rings is 1. The molecule has 0 fully saturated rings. The van der Waals surface area contributed by atoms with Gasteiger partial charge in [0.25, 0.3) is 5.56 Å². The topological polar surface area (TPSA) is 96.4 Å². The van der Waals surface area contributed by atoms with Crippen LogP contribution in [0.25, 0.3) is 16.7 Å². The number of H-pyrrole nitrogens is 2. The van der Waals surface area contributed by atoms with Gasteiger partial charge in [-0.25, -0.2) is 14.0 Å². The zero-order valence-corrected chi connectivity index (χ0v) is 11.5. The third-order valence-corrected chi connectivity index (χ3v) is 3.24. The minimum atomic E-state index is -0.764. The Morgan fingerprint density at radius 1 is 1.29 bits per heavy atom. The average molecular weight is 287 g/mol. The highest BCUT2D eigenvalue weighted by Crippen LogP contribution is 2.17. The van der Waals surface area contributed by atoms with Crippen LogP contribution in [0, 0.1) is 6.92 Å². The fraction of sp³-hybridized carbons (Fsp3) is 0.214. The van der Waals surface area contributed by atoms with Crippen molar-refractivity contribution in [2.75, 3.05) is 6.61 Å². The molecule has 2 heterocycles. The molecular formula is C14H13N3O4. The molecule has 0 saturated heterocycles. The number of ether oxygens (including phenoxy) is 1. The third kappa shape index (κ3) is 1.94. The average Bonchev–Trinajstić information content (AvgIpc) is 2.77. The fourth-order valence-electron chi connectivity index (χ4n) is 2.34. The van der Waals surface area contributed by atoms with Gasteiger partial charge < -0.3 is 9.72 Å². The summed E-state index contributed by atoms with van der Waals surface area (Å²) in [7, 11) is 0. The summed E-state index contributed by atoms with van der Waals surface area (Å²) < 4.78 is 6.16. The molecule has 0 radical (unpaired) electrons. The molecule has 2 aromatic heterocycles. The first-order valence-corrected chi connectivity index (χ1v) is 6.47. The Morgan fingerprint density at radius 2 is 2.05 bits per heavy atom. The number of benzene rings is 1. The summed E-state index contributed by atoms with van der Waals surface area (Å²) >= 11 is 0. The van der Waals surface area contributed by atoms with Crippen LogP contribution < -0.4 is 11.2 Å². The van der Waals surface area contributed by atoms with Gasteiger partial charge in [-0.3, -0.25) is 9.78 Å². The van der Waals surface area contributed by atoms with Crippen LogP contribution in [-0.4, -0.2) is 26.9 Å². The van der Waals surface area contributed by atoms with E-state index in [1.807, 2.05) is 13.0 Å². The number of fused-ring (bicyclic) bond motifs is 3. The van der Waals surface area contributed by atoms with Crippen molar-refractivity contribution in [2.45, 2.75) is 13.8 Å². The number of nitrogens with one attached hydrogen (secondary N) is 2. The lowest BCUT2D eigenvalue weighted by Crippen LogP contribution is -2.31. The molecule has 7 heteroatoms. The largest absolute Gasteiger partial charge is 0.462 e. The number of esters is 1. The SMILES string of the molecule is CCOC(=O)c1c(=O)[nH]c(=O)n2c1[nH]c1ccc(C)cc12. The number of hydrogen-bond acceptors (Lipinski definition) is 4. The van der Waals surface area contributed by atoms with Gasteiger partial charge in [-0.2, -0.15) is 0 Å². The summed E-state index contributed by atoms with van der Waals surface area (Å²) in [6, 6.07) is 5.46. The Bertz CT molecular complexity index is 977. The van der Waals surface area contributed by atoms with E-state index in [1.165, 1.54) is 4.40 Å². The van der Waals surface area contributed by atoms with Crippen LogP contribution in [0.5, 0.6) is 0 Å². The predicted octanol–water partition coefficient (Wildman–Crippen LogP) is 0.954. The zero-order chi connectivity index (χ0) is 15.1. The summed E-state index contributed by atoms with van der Waals surface area (Å²) in [6.07, 6.45) is 0. The van der Waals surface area contributed by atoms with Gasteiger partial charge in [-0.15, -0.1) is 0 Å². The summed E-state index contributed by atoms with van der Waals surface area (Å²) in [4.78, 5) is 41.0. The first kappa shape index (κ1) is 13.2. The van der Waals surface area contributed by atoms with Crippen molar-refractivity contribution >= 4 is 22.6 Å². The molecule has 108 valence electrons. The van der Waals surface area contributed by atoms with E-state index in [4.69, 9.17) is 4.74 Å². The second-order valence-corrected chi connectivity index (χ2v) is 4.68. The molecule has 0 saturated carbocycles. The molecule has 7 nitrogen and oxygen atoms in total. The van der Waals surface area contributed by atoms with Crippen molar-refractivity contribution in [1.29, 1.82) is 0 Å². The molecule has 2 N–H and O–H groups in total. The van der Waals surface area contributed by atoms with Gasteiger partial charge in [-0.05, 0) is 31.5 Å². The standard InChI is InChI=1S/C14H13N3O4/c1-3-21-13(19)10-11-15-8-5-4-7(2)6-9(8)17(11)14(20)16-12(10)18/h4-6,15H,3H2,1-2H3,(H,16,18,20). The lowest BCUT2D eigenvalue weighted by Gasteiger charge is -2.02.